The molecule has 62 heavy (non-hydrogen) atoms. The van der Waals surface area contributed by atoms with Crippen LogP contribution in [0.15, 0.2) is 122 Å². The van der Waals surface area contributed by atoms with E-state index in [9.17, 15) is 26.4 Å². The van der Waals surface area contributed by atoms with Crippen molar-refractivity contribution in [3.63, 3.8) is 0 Å². The zero-order valence-corrected chi connectivity index (χ0v) is 35.8. The van der Waals surface area contributed by atoms with Crippen LogP contribution < -0.4 is 9.44 Å². The van der Waals surface area contributed by atoms with E-state index in [2.05, 4.69) is 41.2 Å². The summed E-state index contributed by atoms with van der Waals surface area (Å²) in [6.07, 6.45) is 8.52. The van der Waals surface area contributed by atoms with E-state index in [1.54, 1.807) is 70.7 Å². The van der Waals surface area contributed by atoms with Crippen molar-refractivity contribution in [1.82, 2.24) is 39.2 Å². The molecule has 2 aliphatic heterocycles. The molecule has 2 fully saturated rings. The van der Waals surface area contributed by atoms with Gasteiger partial charge in [-0.3, -0.25) is 9.59 Å². The minimum absolute atomic E-state index is 0.322. The van der Waals surface area contributed by atoms with Crippen molar-refractivity contribution < 1.29 is 26.4 Å². The van der Waals surface area contributed by atoms with E-state index in [-0.39, 0.29) is 23.9 Å². The molecule has 4 heterocycles. The van der Waals surface area contributed by atoms with Gasteiger partial charge in [-0.05, 0) is 72.2 Å². The number of sulfonamides is 2. The molecular weight excluding hydrogens is 825 g/mol. The van der Waals surface area contributed by atoms with Crippen LogP contribution in [0.25, 0.3) is 22.5 Å². The summed E-state index contributed by atoms with van der Waals surface area (Å²) in [4.78, 5) is 47.2. The second-order valence-corrected chi connectivity index (χ2v) is 19.2. The van der Waals surface area contributed by atoms with Crippen LogP contribution in [-0.2, 0) is 29.6 Å². The highest BCUT2D eigenvalue weighted by molar-refractivity contribution is 7.89. The number of H-pyrrole nitrogens is 2. The van der Waals surface area contributed by atoms with Gasteiger partial charge in [0.05, 0.1) is 48.4 Å². The fraction of sp³-hybridized carbons (Fsp3) is 0.261. The molecule has 0 radical (unpaired) electrons. The molecule has 4 aromatic carbocycles. The minimum Gasteiger partial charge on any atom is -0.340 e. The van der Waals surface area contributed by atoms with Crippen LogP contribution in [0.4, 0.5) is 0 Å². The van der Waals surface area contributed by atoms with Crippen molar-refractivity contribution >= 4 is 31.9 Å². The molecule has 2 amide bonds. The number of aromatic amines is 2. The summed E-state index contributed by atoms with van der Waals surface area (Å²) in [5, 5.41) is 0. The highest BCUT2D eigenvalue weighted by atomic mass is 32.2. The van der Waals surface area contributed by atoms with Gasteiger partial charge in [0.25, 0.3) is 0 Å². The maximum Gasteiger partial charge on any atom is 0.245 e. The maximum atomic E-state index is 13.8. The molecule has 14 nitrogen and oxygen atoms in total. The van der Waals surface area contributed by atoms with Gasteiger partial charge in [-0.25, -0.2) is 26.8 Å². The van der Waals surface area contributed by atoms with Crippen molar-refractivity contribution in [1.29, 1.82) is 0 Å². The number of rotatable bonds is 12. The van der Waals surface area contributed by atoms with Gasteiger partial charge in [0.1, 0.15) is 23.7 Å². The van der Waals surface area contributed by atoms with Crippen molar-refractivity contribution in [3.8, 4) is 34.4 Å². The molecule has 2 saturated heterocycles. The number of likely N-dealkylation sites (tertiary alicyclic amines) is 2. The van der Waals surface area contributed by atoms with Crippen LogP contribution >= 0.6 is 0 Å². The monoisotopic (exact) mass is 870 g/mol. The summed E-state index contributed by atoms with van der Waals surface area (Å²) >= 11 is 0. The normalized spacial score (nSPS) is 17.6. The van der Waals surface area contributed by atoms with Crippen LogP contribution in [0.2, 0.25) is 0 Å². The molecule has 8 rings (SSSR count). The Kier molecular flexibility index (Phi) is 12.2. The number of amides is 2. The smallest absolute Gasteiger partial charge is 0.245 e. The fourth-order valence-corrected chi connectivity index (χ4v) is 9.45. The predicted octanol–water partition coefficient (Wildman–Crippen LogP) is 5.77. The lowest BCUT2D eigenvalue weighted by atomic mass is 10.1. The van der Waals surface area contributed by atoms with Gasteiger partial charge >= 0.3 is 0 Å². The van der Waals surface area contributed by atoms with Crippen molar-refractivity contribution in [2.45, 2.75) is 49.9 Å². The molecule has 0 aliphatic carbocycles. The Balaban J connectivity index is 0.908. The molecule has 0 spiro atoms. The Labute approximate surface area is 361 Å². The SMILES string of the molecule is CS(=O)(=O)N[C@@H](C(=O)N1CCC[C@H]1c1ncc(-c2ccc(C#Cc3ccc(-c4cnc([C@@H]5CCCN5C(=O)[C@H](NS(C)(=O)=O)c5ccccc5)[nH]4)cc3)cc2)[nH]1)c1ccccc1. The zero-order valence-electron chi connectivity index (χ0n) is 34.2. The first-order chi connectivity index (χ1) is 29.8. The average Bonchev–Trinajstić information content (AvgIpc) is 4.11. The first-order valence-electron chi connectivity index (χ1n) is 20.3. The van der Waals surface area contributed by atoms with E-state index < -0.39 is 32.1 Å². The van der Waals surface area contributed by atoms with E-state index in [1.165, 1.54) is 0 Å². The number of hydrogen-bond acceptors (Lipinski definition) is 8. The topological polar surface area (TPSA) is 190 Å². The number of imidazole rings is 2. The van der Waals surface area contributed by atoms with Gasteiger partial charge in [-0.1, -0.05) is 96.8 Å². The molecule has 16 heteroatoms. The van der Waals surface area contributed by atoms with Gasteiger partial charge in [-0.2, -0.15) is 9.44 Å². The third-order valence-corrected chi connectivity index (χ3v) is 12.4. The molecule has 318 valence electrons. The number of hydrogen-bond donors (Lipinski definition) is 4. The molecule has 0 unspecified atom stereocenters. The number of nitrogens with zero attached hydrogens (tertiary/aromatic N) is 4. The molecule has 6 aromatic rings. The Morgan fingerprint density at radius 3 is 1.32 bits per heavy atom. The molecule has 2 aliphatic rings. The first kappa shape index (κ1) is 42.3. The summed E-state index contributed by atoms with van der Waals surface area (Å²) < 4.78 is 54.0. The van der Waals surface area contributed by atoms with Gasteiger partial charge in [0.2, 0.25) is 31.9 Å². The molecule has 4 atom stereocenters. The maximum absolute atomic E-state index is 13.8. The molecule has 4 N–H and O–H groups in total. The number of carbonyl (C=O) groups is 2. The summed E-state index contributed by atoms with van der Waals surface area (Å²) in [7, 11) is -7.34. The van der Waals surface area contributed by atoms with Crippen LogP contribution in [0.3, 0.4) is 0 Å². The average molecular weight is 871 g/mol. The van der Waals surface area contributed by atoms with Gasteiger partial charge < -0.3 is 19.8 Å². The lowest BCUT2D eigenvalue weighted by Crippen LogP contribution is -2.42. The van der Waals surface area contributed by atoms with Crippen LogP contribution in [-0.4, -0.2) is 84.0 Å². The third kappa shape index (κ3) is 9.87. The lowest BCUT2D eigenvalue weighted by Gasteiger charge is -2.28. The zero-order chi connectivity index (χ0) is 43.4. The molecular formula is C46H46N8O6S2. The largest absolute Gasteiger partial charge is 0.340 e. The Hall–Kier alpha value is -6.38. The van der Waals surface area contributed by atoms with Gasteiger partial charge in [0, 0.05) is 24.2 Å². The van der Waals surface area contributed by atoms with Crippen molar-refractivity contribution in [2.75, 3.05) is 25.6 Å². The van der Waals surface area contributed by atoms with Crippen LogP contribution in [0.1, 0.15) is 83.8 Å². The highest BCUT2D eigenvalue weighted by Gasteiger charge is 2.38. The first-order valence-corrected chi connectivity index (χ1v) is 24.1. The quantitative estimate of drug-likeness (QED) is 0.111. The van der Waals surface area contributed by atoms with E-state index in [0.717, 1.165) is 59.0 Å². The Morgan fingerprint density at radius 2 is 0.968 bits per heavy atom. The second-order valence-electron chi connectivity index (χ2n) is 15.6. The summed E-state index contributed by atoms with van der Waals surface area (Å²) in [6, 6.07) is 30.6. The predicted molar refractivity (Wildman–Crippen MR) is 236 cm³/mol. The van der Waals surface area contributed by atoms with Gasteiger partial charge in [-0.15, -0.1) is 0 Å². The standard InChI is InChI=1S/C46H46N8O6S2/c1-61(57,58)51-41(35-11-5-3-6-12-35)45(55)53-27-9-15-39(53)43-47-29-37(49-43)33-23-19-31(20-24-33)17-18-32-21-25-34(26-22-32)38-30-48-44(50-38)40-16-10-28-54(40)46(56)42(52-62(2,59)60)36-13-7-4-8-14-36/h3-8,11-14,19-26,29-30,39-42,51-52H,9-10,15-16,27-28H2,1-2H3,(H,47,49)(H,48,50)/t39-,40-,41+,42+/m0/s1. The van der Waals surface area contributed by atoms with E-state index in [0.29, 0.717) is 48.7 Å². The van der Waals surface area contributed by atoms with E-state index >= 15 is 0 Å². The number of aromatic nitrogens is 4. The summed E-state index contributed by atoms with van der Waals surface area (Å²) in [5.74, 6) is 7.10. The van der Waals surface area contributed by atoms with E-state index in [1.807, 2.05) is 60.7 Å². The number of benzene rings is 4. The van der Waals surface area contributed by atoms with Crippen LogP contribution in [0.5, 0.6) is 0 Å². The lowest BCUT2D eigenvalue weighted by molar-refractivity contribution is -0.135. The fourth-order valence-electron chi connectivity index (χ4n) is 8.12. The van der Waals surface area contributed by atoms with Crippen LogP contribution in [0, 0.1) is 11.8 Å². The summed E-state index contributed by atoms with van der Waals surface area (Å²) in [6.45, 7) is 0.979. The van der Waals surface area contributed by atoms with E-state index in [4.69, 9.17) is 0 Å². The molecule has 0 saturated carbocycles. The van der Waals surface area contributed by atoms with Crippen molar-refractivity contribution in [3.05, 3.63) is 155 Å². The van der Waals surface area contributed by atoms with Gasteiger partial charge in [0.15, 0.2) is 0 Å². The molecule has 2 aromatic heterocycles. The Bertz CT molecular complexity index is 2640. The highest BCUT2D eigenvalue weighted by Crippen LogP contribution is 2.36. The molecule has 0 bridgehead atoms. The second kappa shape index (κ2) is 17.9. The number of nitrogens with one attached hydrogen (secondary N) is 4. The summed E-state index contributed by atoms with van der Waals surface area (Å²) in [5.41, 5.74) is 6.18. The Morgan fingerprint density at radius 1 is 0.597 bits per heavy atom. The van der Waals surface area contributed by atoms with Crippen molar-refractivity contribution in [2.24, 2.45) is 0 Å². The minimum atomic E-state index is -3.67. The third-order valence-electron chi connectivity index (χ3n) is 11.1. The number of carbonyl (C=O) groups excluding carboxylic acids is 2.